The molecule has 2 heterocycles. The summed E-state index contributed by atoms with van der Waals surface area (Å²) >= 11 is 0. The molecule has 3 rings (SSSR count). The molecule has 1 aliphatic carbocycles. The second-order valence-electron chi connectivity index (χ2n) is 5.53. The molecule has 4 nitrogen and oxygen atoms in total. The lowest BCUT2D eigenvalue weighted by Gasteiger charge is -2.24. The Morgan fingerprint density at radius 2 is 2.25 bits per heavy atom. The third-order valence-electron chi connectivity index (χ3n) is 4.12. The van der Waals surface area contributed by atoms with E-state index >= 15 is 0 Å². The molecule has 4 unspecified atom stereocenters. The van der Waals surface area contributed by atoms with E-state index in [2.05, 4.69) is 18.3 Å². The van der Waals surface area contributed by atoms with Crippen LogP contribution in [0.25, 0.3) is 0 Å². The normalized spacial score (nSPS) is 45.2. The van der Waals surface area contributed by atoms with Gasteiger partial charge < -0.3 is 10.2 Å². The van der Waals surface area contributed by atoms with Gasteiger partial charge >= 0.3 is 0 Å². The smallest absolute Gasteiger partial charge is 0.240 e. The van der Waals surface area contributed by atoms with Gasteiger partial charge in [-0.05, 0) is 31.1 Å². The van der Waals surface area contributed by atoms with Gasteiger partial charge in [-0.3, -0.25) is 4.79 Å². The molecule has 0 bridgehead atoms. The molecule has 5 atom stereocenters. The maximum absolute atomic E-state index is 12.2. The van der Waals surface area contributed by atoms with Crippen molar-refractivity contribution in [2.45, 2.75) is 44.3 Å². The van der Waals surface area contributed by atoms with Gasteiger partial charge in [-0.1, -0.05) is 6.92 Å². The number of hydrogen-bond donors (Lipinski definition) is 1. The maximum atomic E-state index is 12.2. The fourth-order valence-corrected chi connectivity index (χ4v) is 3.13. The Kier molecular flexibility index (Phi) is 2.18. The number of carbonyl (C=O) groups is 1. The average Bonchev–Trinajstić information content (AvgIpc) is 2.74. The molecule has 16 heavy (non-hydrogen) atoms. The molecule has 2 saturated heterocycles. The van der Waals surface area contributed by atoms with Crippen molar-refractivity contribution in [3.8, 4) is 6.07 Å². The number of nitrogens with one attached hydrogen (secondary N) is 1. The zero-order valence-electron chi connectivity index (χ0n) is 9.52. The Labute approximate surface area is 95.6 Å². The molecular weight excluding hydrogens is 202 g/mol. The Morgan fingerprint density at radius 3 is 2.88 bits per heavy atom. The molecule has 2 aliphatic heterocycles. The number of rotatable bonds is 1. The number of amides is 1. The molecule has 86 valence electrons. The second-order valence-corrected chi connectivity index (χ2v) is 5.53. The summed E-state index contributed by atoms with van der Waals surface area (Å²) in [6.07, 6.45) is 3.05. The quantitative estimate of drug-likeness (QED) is 0.698. The zero-order chi connectivity index (χ0) is 11.3. The van der Waals surface area contributed by atoms with Crippen LogP contribution in [0.4, 0.5) is 0 Å². The summed E-state index contributed by atoms with van der Waals surface area (Å²) in [5.74, 6) is 1.35. The van der Waals surface area contributed by atoms with Gasteiger partial charge in [-0.2, -0.15) is 5.26 Å². The molecule has 3 fully saturated rings. The van der Waals surface area contributed by atoms with E-state index in [1.54, 1.807) is 4.90 Å². The van der Waals surface area contributed by atoms with E-state index in [-0.39, 0.29) is 18.0 Å². The molecule has 4 heteroatoms. The number of piperidine rings is 1. The fraction of sp³-hybridized carbons (Fsp3) is 0.833. The molecular formula is C12H17N3O. The molecule has 0 spiro atoms. The highest BCUT2D eigenvalue weighted by Crippen LogP contribution is 2.41. The van der Waals surface area contributed by atoms with Crippen molar-refractivity contribution < 1.29 is 4.79 Å². The van der Waals surface area contributed by atoms with Crippen LogP contribution in [0, 0.1) is 23.2 Å². The Bertz CT molecular complexity index is 352. The monoisotopic (exact) mass is 219 g/mol. The first-order valence-electron chi connectivity index (χ1n) is 6.15. The number of nitrogens with zero attached hydrogens (tertiary/aromatic N) is 2. The zero-order valence-corrected chi connectivity index (χ0v) is 9.52. The lowest BCUT2D eigenvalue weighted by atomic mass is 10.1. The minimum atomic E-state index is -0.193. The maximum Gasteiger partial charge on any atom is 0.240 e. The van der Waals surface area contributed by atoms with Crippen molar-refractivity contribution in [2.24, 2.45) is 11.8 Å². The molecule has 0 aromatic carbocycles. The minimum Gasteiger partial charge on any atom is -0.325 e. The van der Waals surface area contributed by atoms with Crippen LogP contribution in [-0.2, 0) is 4.79 Å². The Hall–Kier alpha value is -1.08. The van der Waals surface area contributed by atoms with Gasteiger partial charge in [0.05, 0.1) is 12.1 Å². The van der Waals surface area contributed by atoms with Crippen LogP contribution in [0.5, 0.6) is 0 Å². The highest BCUT2D eigenvalue weighted by atomic mass is 16.2. The number of carbonyl (C=O) groups excluding carboxylic acids is 1. The van der Waals surface area contributed by atoms with Crippen molar-refractivity contribution in [1.82, 2.24) is 10.2 Å². The SMILES string of the molecule is CC1CC(C#N)N(C(=O)[C@@H]2CC3CC3N2)C1. The molecule has 0 aromatic rings. The van der Waals surface area contributed by atoms with Gasteiger partial charge in [-0.25, -0.2) is 0 Å². The lowest BCUT2D eigenvalue weighted by Crippen LogP contribution is -2.46. The fourth-order valence-electron chi connectivity index (χ4n) is 3.13. The third-order valence-corrected chi connectivity index (χ3v) is 4.12. The van der Waals surface area contributed by atoms with Crippen LogP contribution in [-0.4, -0.2) is 35.5 Å². The topological polar surface area (TPSA) is 56.1 Å². The van der Waals surface area contributed by atoms with Crippen molar-refractivity contribution in [1.29, 1.82) is 5.26 Å². The minimum absolute atomic E-state index is 0.00935. The highest BCUT2D eigenvalue weighted by molar-refractivity contribution is 5.83. The van der Waals surface area contributed by atoms with E-state index in [1.807, 2.05) is 0 Å². The molecule has 1 amide bonds. The molecule has 1 saturated carbocycles. The van der Waals surface area contributed by atoms with Gasteiger partial charge in [0.25, 0.3) is 0 Å². The van der Waals surface area contributed by atoms with Crippen LogP contribution < -0.4 is 5.32 Å². The van der Waals surface area contributed by atoms with E-state index in [4.69, 9.17) is 5.26 Å². The van der Waals surface area contributed by atoms with Crippen LogP contribution in [0.3, 0.4) is 0 Å². The summed E-state index contributed by atoms with van der Waals surface area (Å²) in [5.41, 5.74) is 0. The van der Waals surface area contributed by atoms with Gasteiger partial charge in [0.15, 0.2) is 0 Å². The van der Waals surface area contributed by atoms with E-state index in [0.29, 0.717) is 12.0 Å². The van der Waals surface area contributed by atoms with Crippen LogP contribution in [0.15, 0.2) is 0 Å². The van der Waals surface area contributed by atoms with E-state index < -0.39 is 0 Å². The molecule has 3 aliphatic rings. The van der Waals surface area contributed by atoms with Crippen molar-refractivity contribution in [2.75, 3.05) is 6.54 Å². The van der Waals surface area contributed by atoms with Crippen molar-refractivity contribution in [3.63, 3.8) is 0 Å². The Balaban J connectivity index is 1.67. The van der Waals surface area contributed by atoms with Crippen molar-refractivity contribution in [3.05, 3.63) is 0 Å². The number of likely N-dealkylation sites (tertiary alicyclic amines) is 1. The van der Waals surface area contributed by atoms with Crippen LogP contribution in [0.2, 0.25) is 0 Å². The standard InChI is InChI=1S/C12H17N3O/c1-7-2-9(5-13)15(6-7)12(16)11-4-8-3-10(8)14-11/h7-11,14H,2-4,6H2,1H3/t7?,8?,9?,10?,11-/m0/s1. The number of nitriles is 1. The molecule has 0 radical (unpaired) electrons. The summed E-state index contributed by atoms with van der Waals surface area (Å²) in [5, 5.41) is 12.4. The third kappa shape index (κ3) is 1.51. The van der Waals surface area contributed by atoms with E-state index in [9.17, 15) is 4.79 Å². The summed E-state index contributed by atoms with van der Waals surface area (Å²) in [6, 6.07) is 2.64. The summed E-state index contributed by atoms with van der Waals surface area (Å²) < 4.78 is 0. The van der Waals surface area contributed by atoms with Crippen LogP contribution >= 0.6 is 0 Å². The summed E-state index contributed by atoms with van der Waals surface area (Å²) in [7, 11) is 0. The largest absolute Gasteiger partial charge is 0.325 e. The second kappa shape index (κ2) is 3.46. The summed E-state index contributed by atoms with van der Waals surface area (Å²) in [4.78, 5) is 14.0. The Morgan fingerprint density at radius 1 is 1.44 bits per heavy atom. The summed E-state index contributed by atoms with van der Waals surface area (Å²) in [6.45, 7) is 2.86. The molecule has 0 aromatic heterocycles. The number of fused-ring (bicyclic) bond motifs is 1. The first-order chi connectivity index (χ1) is 7.69. The van der Waals surface area contributed by atoms with Gasteiger partial charge in [0, 0.05) is 12.6 Å². The average molecular weight is 219 g/mol. The first kappa shape index (κ1) is 10.1. The number of hydrogen-bond acceptors (Lipinski definition) is 3. The van der Waals surface area contributed by atoms with Gasteiger partial charge in [-0.15, -0.1) is 0 Å². The predicted octanol–water partition coefficient (Wildman–Crippen LogP) is 0.497. The van der Waals surface area contributed by atoms with Crippen LogP contribution in [0.1, 0.15) is 26.2 Å². The first-order valence-corrected chi connectivity index (χ1v) is 6.15. The van der Waals surface area contributed by atoms with Crippen molar-refractivity contribution >= 4 is 5.91 Å². The van der Waals surface area contributed by atoms with Gasteiger partial charge in [0.2, 0.25) is 5.91 Å². The van der Waals surface area contributed by atoms with E-state index in [1.165, 1.54) is 6.42 Å². The lowest BCUT2D eigenvalue weighted by molar-refractivity contribution is -0.133. The van der Waals surface area contributed by atoms with Gasteiger partial charge in [0.1, 0.15) is 6.04 Å². The predicted molar refractivity (Wildman–Crippen MR) is 58.3 cm³/mol. The highest BCUT2D eigenvalue weighted by Gasteiger charge is 2.49. The van der Waals surface area contributed by atoms with E-state index in [0.717, 1.165) is 25.3 Å². The molecule has 1 N–H and O–H groups in total.